The monoisotopic (exact) mass is 347 g/mol. The number of hydrogen-bond acceptors (Lipinski definition) is 2. The van der Waals surface area contributed by atoms with Crippen molar-refractivity contribution in [2.24, 2.45) is 0 Å². The van der Waals surface area contributed by atoms with E-state index in [4.69, 9.17) is 0 Å². The van der Waals surface area contributed by atoms with Crippen LogP contribution in [0.2, 0.25) is 0 Å². The highest BCUT2D eigenvalue weighted by Crippen LogP contribution is 2.35. The maximum atomic E-state index is 2.63. The molecule has 0 aromatic heterocycles. The minimum atomic E-state index is 0. The van der Waals surface area contributed by atoms with Crippen molar-refractivity contribution < 1.29 is 0 Å². The van der Waals surface area contributed by atoms with Gasteiger partial charge in [-0.2, -0.15) is 0 Å². The van der Waals surface area contributed by atoms with Gasteiger partial charge in [0, 0.05) is 12.3 Å². The highest BCUT2D eigenvalue weighted by Gasteiger charge is 2.15. The first-order valence-electron chi connectivity index (χ1n) is 8.37. The molecule has 0 N–H and O–H groups in total. The Labute approximate surface area is 150 Å². The molecule has 0 aliphatic carbocycles. The number of likely N-dealkylation sites (tertiary alicyclic amines) is 1. The van der Waals surface area contributed by atoms with Gasteiger partial charge in [0.15, 0.2) is 0 Å². The molecule has 0 radical (unpaired) electrons. The third-order valence-corrected chi connectivity index (χ3v) is 5.64. The SMILES string of the molecule is Cl.c1ccc(C(SCCN2CCCCC2)c2ccccc2)cc1. The Hall–Kier alpha value is -0.960. The molecule has 1 nitrogen and oxygen atoms in total. The normalized spacial score (nSPS) is 15.3. The number of rotatable bonds is 6. The Morgan fingerprint density at radius 2 is 1.30 bits per heavy atom. The third-order valence-electron chi connectivity index (χ3n) is 4.35. The van der Waals surface area contributed by atoms with E-state index < -0.39 is 0 Å². The summed E-state index contributed by atoms with van der Waals surface area (Å²) >= 11 is 2.08. The lowest BCUT2D eigenvalue weighted by atomic mass is 10.0. The van der Waals surface area contributed by atoms with Crippen molar-refractivity contribution in [3.05, 3.63) is 71.8 Å². The summed E-state index contributed by atoms with van der Waals surface area (Å²) in [5.41, 5.74) is 2.83. The second-order valence-electron chi connectivity index (χ2n) is 5.97. The lowest BCUT2D eigenvalue weighted by Gasteiger charge is -2.27. The lowest BCUT2D eigenvalue weighted by Crippen LogP contribution is -2.31. The van der Waals surface area contributed by atoms with Crippen LogP contribution in [0.5, 0.6) is 0 Å². The zero-order chi connectivity index (χ0) is 15.0. The summed E-state index contributed by atoms with van der Waals surface area (Å²) in [5.74, 6) is 1.20. The molecule has 0 bridgehead atoms. The van der Waals surface area contributed by atoms with E-state index in [9.17, 15) is 0 Å². The van der Waals surface area contributed by atoms with Crippen molar-refractivity contribution >= 4 is 24.2 Å². The zero-order valence-electron chi connectivity index (χ0n) is 13.6. The first-order valence-corrected chi connectivity index (χ1v) is 9.42. The summed E-state index contributed by atoms with van der Waals surface area (Å²) < 4.78 is 0. The van der Waals surface area contributed by atoms with Crippen LogP contribution in [0.15, 0.2) is 60.7 Å². The average Bonchev–Trinajstić information content (AvgIpc) is 2.61. The predicted octanol–water partition coefficient (Wildman–Crippen LogP) is 5.42. The van der Waals surface area contributed by atoms with E-state index >= 15 is 0 Å². The Bertz CT molecular complexity index is 501. The minimum Gasteiger partial charge on any atom is -0.303 e. The van der Waals surface area contributed by atoms with Gasteiger partial charge in [-0.1, -0.05) is 67.1 Å². The average molecular weight is 348 g/mol. The van der Waals surface area contributed by atoms with E-state index in [0.717, 1.165) is 0 Å². The highest BCUT2D eigenvalue weighted by molar-refractivity contribution is 7.99. The molecule has 2 aromatic rings. The first-order chi connectivity index (χ1) is 10.9. The summed E-state index contributed by atoms with van der Waals surface area (Å²) in [6.07, 6.45) is 4.18. The van der Waals surface area contributed by atoms with Gasteiger partial charge in [0.25, 0.3) is 0 Å². The third kappa shape index (κ3) is 5.56. The summed E-state index contributed by atoms with van der Waals surface area (Å²) in [4.78, 5) is 2.63. The number of benzene rings is 2. The molecule has 2 aromatic carbocycles. The van der Waals surface area contributed by atoms with Gasteiger partial charge in [-0.3, -0.25) is 0 Å². The fourth-order valence-electron chi connectivity index (χ4n) is 3.12. The van der Waals surface area contributed by atoms with Crippen LogP contribution in [0.4, 0.5) is 0 Å². The molecule has 1 heterocycles. The standard InChI is InChI=1S/C20H25NS.ClH/c1-4-10-18(11-5-1)20(19-12-6-2-7-13-19)22-17-16-21-14-8-3-9-15-21;/h1-2,4-7,10-13,20H,3,8-9,14-17H2;1H. The molecule has 23 heavy (non-hydrogen) atoms. The van der Waals surface area contributed by atoms with Crippen molar-refractivity contribution in [3.63, 3.8) is 0 Å². The van der Waals surface area contributed by atoms with Gasteiger partial charge in [0.05, 0.1) is 5.25 Å². The maximum absolute atomic E-state index is 2.63. The van der Waals surface area contributed by atoms with Crippen LogP contribution in [-0.2, 0) is 0 Å². The van der Waals surface area contributed by atoms with Gasteiger partial charge in [-0.25, -0.2) is 0 Å². The van der Waals surface area contributed by atoms with Gasteiger partial charge >= 0.3 is 0 Å². The summed E-state index contributed by atoms with van der Waals surface area (Å²) in [7, 11) is 0. The van der Waals surface area contributed by atoms with Crippen molar-refractivity contribution in [3.8, 4) is 0 Å². The molecule has 1 fully saturated rings. The van der Waals surface area contributed by atoms with Gasteiger partial charge in [-0.15, -0.1) is 24.2 Å². The molecular formula is C20H26ClNS. The van der Waals surface area contributed by atoms with Crippen molar-refractivity contribution in [1.82, 2.24) is 4.90 Å². The number of piperidine rings is 1. The van der Waals surface area contributed by atoms with Crippen LogP contribution in [0.1, 0.15) is 35.6 Å². The summed E-state index contributed by atoms with van der Waals surface area (Å²) in [6, 6.07) is 21.8. The molecular weight excluding hydrogens is 322 g/mol. The maximum Gasteiger partial charge on any atom is 0.0547 e. The van der Waals surface area contributed by atoms with Crippen molar-refractivity contribution in [1.29, 1.82) is 0 Å². The number of hydrogen-bond donors (Lipinski definition) is 0. The lowest BCUT2D eigenvalue weighted by molar-refractivity contribution is 0.242. The fraction of sp³-hybridized carbons (Fsp3) is 0.400. The molecule has 0 amide bonds. The molecule has 1 saturated heterocycles. The Kier molecular flexibility index (Phi) is 8.01. The largest absolute Gasteiger partial charge is 0.303 e. The fourth-order valence-corrected chi connectivity index (χ4v) is 4.42. The van der Waals surface area contributed by atoms with Crippen LogP contribution in [0.25, 0.3) is 0 Å². The Morgan fingerprint density at radius 3 is 1.83 bits per heavy atom. The summed E-state index contributed by atoms with van der Waals surface area (Å²) in [6.45, 7) is 3.81. The molecule has 3 rings (SSSR count). The van der Waals surface area contributed by atoms with Crippen LogP contribution in [-0.4, -0.2) is 30.3 Å². The van der Waals surface area contributed by atoms with Crippen LogP contribution in [0, 0.1) is 0 Å². The number of halogens is 1. The van der Waals surface area contributed by atoms with E-state index in [1.165, 1.54) is 55.8 Å². The van der Waals surface area contributed by atoms with Crippen LogP contribution in [0.3, 0.4) is 0 Å². The molecule has 3 heteroatoms. The highest BCUT2D eigenvalue weighted by atomic mass is 35.5. The van der Waals surface area contributed by atoms with Gasteiger partial charge in [0.2, 0.25) is 0 Å². The van der Waals surface area contributed by atoms with Gasteiger partial charge < -0.3 is 4.90 Å². The van der Waals surface area contributed by atoms with Crippen molar-refractivity contribution in [2.45, 2.75) is 24.5 Å². The van der Waals surface area contributed by atoms with E-state index in [1.807, 2.05) is 0 Å². The number of nitrogens with zero attached hydrogens (tertiary/aromatic N) is 1. The molecule has 124 valence electrons. The van der Waals surface area contributed by atoms with E-state index in [0.29, 0.717) is 5.25 Å². The van der Waals surface area contributed by atoms with E-state index in [-0.39, 0.29) is 12.4 Å². The minimum absolute atomic E-state index is 0. The predicted molar refractivity (Wildman–Crippen MR) is 105 cm³/mol. The molecule has 0 saturated carbocycles. The zero-order valence-corrected chi connectivity index (χ0v) is 15.2. The topological polar surface area (TPSA) is 3.24 Å². The Morgan fingerprint density at radius 1 is 0.783 bits per heavy atom. The second kappa shape index (κ2) is 10.0. The van der Waals surface area contributed by atoms with Crippen LogP contribution < -0.4 is 0 Å². The molecule has 1 aliphatic heterocycles. The smallest absolute Gasteiger partial charge is 0.0547 e. The molecule has 1 aliphatic rings. The quantitative estimate of drug-likeness (QED) is 0.686. The number of thioether (sulfide) groups is 1. The van der Waals surface area contributed by atoms with Gasteiger partial charge in [0.1, 0.15) is 0 Å². The van der Waals surface area contributed by atoms with Crippen molar-refractivity contribution in [2.75, 3.05) is 25.4 Å². The van der Waals surface area contributed by atoms with E-state index in [2.05, 4.69) is 77.3 Å². The molecule has 0 spiro atoms. The van der Waals surface area contributed by atoms with Gasteiger partial charge in [-0.05, 0) is 37.1 Å². The molecule has 0 unspecified atom stereocenters. The Balaban J connectivity index is 0.00000192. The first kappa shape index (κ1) is 18.4. The summed E-state index contributed by atoms with van der Waals surface area (Å²) in [5, 5.41) is 0.451. The second-order valence-corrected chi connectivity index (χ2v) is 7.19. The van der Waals surface area contributed by atoms with Crippen LogP contribution >= 0.6 is 24.2 Å². The van der Waals surface area contributed by atoms with E-state index in [1.54, 1.807) is 0 Å². The molecule has 0 atom stereocenters.